The highest BCUT2D eigenvalue weighted by atomic mass is 32.2. The Balaban J connectivity index is 0.000000555. The molecule has 0 heterocycles. The standard InChI is InChI=1S/C8H11NO4S.C4H10O/c1-5(10)14(12,13)6-2-3-7(9)8(11)4-6;1-3-5-4-2/h2-5,10-11H,9H2,1H3;3-4H2,1-2H3. The van der Waals surface area contributed by atoms with Crippen LogP contribution in [0.3, 0.4) is 0 Å². The van der Waals surface area contributed by atoms with Gasteiger partial charge in [0.25, 0.3) is 0 Å². The summed E-state index contributed by atoms with van der Waals surface area (Å²) in [5.74, 6) is -0.313. The molecule has 0 fully saturated rings. The van der Waals surface area contributed by atoms with Gasteiger partial charge in [-0.1, -0.05) is 0 Å². The number of aromatic hydroxyl groups is 1. The van der Waals surface area contributed by atoms with E-state index in [4.69, 9.17) is 15.6 Å². The van der Waals surface area contributed by atoms with Crippen molar-refractivity contribution in [2.45, 2.75) is 31.1 Å². The van der Waals surface area contributed by atoms with Crippen molar-refractivity contribution in [3.05, 3.63) is 18.2 Å². The molecular weight excluding hydrogens is 270 g/mol. The number of phenols is 1. The molecule has 0 aliphatic heterocycles. The summed E-state index contributed by atoms with van der Waals surface area (Å²) in [6.07, 6.45) is 0. The largest absolute Gasteiger partial charge is 0.506 e. The van der Waals surface area contributed by atoms with Crippen LogP contribution in [-0.2, 0) is 14.6 Å². The predicted molar refractivity (Wildman–Crippen MR) is 73.6 cm³/mol. The Hall–Kier alpha value is -1.31. The summed E-state index contributed by atoms with van der Waals surface area (Å²) in [5.41, 5.74) is 3.88. The molecule has 0 aromatic heterocycles. The lowest BCUT2D eigenvalue weighted by Gasteiger charge is -2.07. The SMILES string of the molecule is CC(O)S(=O)(=O)c1ccc(N)c(O)c1.CCOCC. The summed E-state index contributed by atoms with van der Waals surface area (Å²) in [6, 6.07) is 3.51. The summed E-state index contributed by atoms with van der Waals surface area (Å²) >= 11 is 0. The fourth-order valence-electron chi connectivity index (χ4n) is 1.10. The Kier molecular flexibility index (Phi) is 7.43. The Labute approximate surface area is 113 Å². The highest BCUT2D eigenvalue weighted by molar-refractivity contribution is 7.91. The second-order valence-corrected chi connectivity index (χ2v) is 5.89. The van der Waals surface area contributed by atoms with E-state index in [1.165, 1.54) is 12.1 Å². The number of nitrogens with two attached hydrogens (primary N) is 1. The third kappa shape index (κ3) is 5.46. The number of phenolic OH excluding ortho intramolecular Hbond substituents is 1. The van der Waals surface area contributed by atoms with Crippen LogP contribution in [0.25, 0.3) is 0 Å². The Bertz CT molecular complexity index is 483. The van der Waals surface area contributed by atoms with Crippen molar-refractivity contribution in [3.8, 4) is 5.75 Å². The lowest BCUT2D eigenvalue weighted by Crippen LogP contribution is -2.16. The smallest absolute Gasteiger partial charge is 0.204 e. The van der Waals surface area contributed by atoms with Crippen LogP contribution in [-0.4, -0.2) is 37.3 Å². The second kappa shape index (κ2) is 7.98. The molecule has 1 aromatic rings. The van der Waals surface area contributed by atoms with E-state index in [0.717, 1.165) is 26.2 Å². The maximum Gasteiger partial charge on any atom is 0.204 e. The zero-order valence-corrected chi connectivity index (χ0v) is 12.1. The average Bonchev–Trinajstić information content (AvgIpc) is 2.34. The van der Waals surface area contributed by atoms with E-state index in [-0.39, 0.29) is 16.3 Å². The average molecular weight is 291 g/mol. The summed E-state index contributed by atoms with van der Waals surface area (Å²) in [7, 11) is -3.78. The summed E-state index contributed by atoms with van der Waals surface area (Å²) in [4.78, 5) is -0.154. The van der Waals surface area contributed by atoms with E-state index in [9.17, 15) is 13.5 Å². The van der Waals surface area contributed by atoms with E-state index in [1.54, 1.807) is 0 Å². The molecule has 0 amide bonds. The van der Waals surface area contributed by atoms with Crippen LogP contribution in [0.4, 0.5) is 5.69 Å². The van der Waals surface area contributed by atoms with Crippen molar-refractivity contribution in [2.75, 3.05) is 18.9 Å². The highest BCUT2D eigenvalue weighted by Crippen LogP contribution is 2.25. The molecule has 0 aliphatic rings. The molecular formula is C12H21NO5S. The van der Waals surface area contributed by atoms with Gasteiger partial charge >= 0.3 is 0 Å². The third-order valence-electron chi connectivity index (χ3n) is 2.19. The van der Waals surface area contributed by atoms with Gasteiger partial charge in [-0.05, 0) is 32.9 Å². The summed E-state index contributed by atoms with van der Waals surface area (Å²) in [5, 5.41) is 18.2. The van der Waals surface area contributed by atoms with Crippen LogP contribution in [0, 0.1) is 0 Å². The van der Waals surface area contributed by atoms with Crippen LogP contribution in [0.1, 0.15) is 20.8 Å². The molecule has 0 spiro atoms. The maximum absolute atomic E-state index is 11.4. The predicted octanol–water partition coefficient (Wildman–Crippen LogP) is 1.13. The number of aliphatic hydroxyl groups is 1. The first-order valence-corrected chi connectivity index (χ1v) is 7.40. The van der Waals surface area contributed by atoms with Crippen molar-refractivity contribution in [1.29, 1.82) is 0 Å². The van der Waals surface area contributed by atoms with E-state index in [2.05, 4.69) is 0 Å². The summed E-state index contributed by atoms with van der Waals surface area (Å²) in [6.45, 7) is 6.81. The number of rotatable bonds is 4. The van der Waals surface area contributed by atoms with Gasteiger partial charge in [0.05, 0.1) is 10.6 Å². The number of hydrogen-bond acceptors (Lipinski definition) is 6. The Morgan fingerprint density at radius 3 is 2.16 bits per heavy atom. The first kappa shape index (κ1) is 17.7. The second-order valence-electron chi connectivity index (χ2n) is 3.65. The molecule has 1 aromatic carbocycles. The van der Waals surface area contributed by atoms with Crippen molar-refractivity contribution in [2.24, 2.45) is 0 Å². The number of hydrogen-bond donors (Lipinski definition) is 3. The number of benzene rings is 1. The maximum atomic E-state index is 11.4. The van der Waals surface area contributed by atoms with Gasteiger partial charge in [-0.3, -0.25) is 0 Å². The molecule has 19 heavy (non-hydrogen) atoms. The molecule has 0 saturated carbocycles. The fourth-order valence-corrected chi connectivity index (χ4v) is 2.03. The van der Waals surface area contributed by atoms with E-state index in [0.29, 0.717) is 0 Å². The number of ether oxygens (including phenoxy) is 1. The molecule has 4 N–H and O–H groups in total. The monoisotopic (exact) mass is 291 g/mol. The first-order chi connectivity index (χ1) is 8.77. The lowest BCUT2D eigenvalue weighted by atomic mass is 10.3. The highest BCUT2D eigenvalue weighted by Gasteiger charge is 2.21. The van der Waals surface area contributed by atoms with Crippen molar-refractivity contribution < 1.29 is 23.4 Å². The zero-order chi connectivity index (χ0) is 15.1. The van der Waals surface area contributed by atoms with Gasteiger partial charge in [0, 0.05) is 19.3 Å². The Morgan fingerprint density at radius 2 is 1.84 bits per heavy atom. The van der Waals surface area contributed by atoms with Crippen molar-refractivity contribution in [1.82, 2.24) is 0 Å². The van der Waals surface area contributed by atoms with Crippen molar-refractivity contribution in [3.63, 3.8) is 0 Å². The van der Waals surface area contributed by atoms with Crippen LogP contribution < -0.4 is 5.73 Å². The van der Waals surface area contributed by atoms with E-state index in [1.807, 2.05) is 13.8 Å². The van der Waals surface area contributed by atoms with Gasteiger partial charge in [0.15, 0.2) is 5.44 Å². The molecule has 1 rings (SSSR count). The molecule has 0 bridgehead atoms. The quantitative estimate of drug-likeness (QED) is 0.566. The lowest BCUT2D eigenvalue weighted by molar-refractivity contribution is 0.162. The van der Waals surface area contributed by atoms with Crippen LogP contribution >= 0.6 is 0 Å². The van der Waals surface area contributed by atoms with Crippen LogP contribution in [0.5, 0.6) is 5.75 Å². The van der Waals surface area contributed by atoms with Crippen LogP contribution in [0.15, 0.2) is 23.1 Å². The Morgan fingerprint density at radius 1 is 1.32 bits per heavy atom. The van der Waals surface area contributed by atoms with E-state index >= 15 is 0 Å². The number of sulfone groups is 1. The van der Waals surface area contributed by atoms with Gasteiger partial charge in [0.1, 0.15) is 5.75 Å². The zero-order valence-electron chi connectivity index (χ0n) is 11.3. The minimum absolute atomic E-state index is 0.0922. The molecule has 0 saturated heterocycles. The summed E-state index contributed by atoms with van der Waals surface area (Å²) < 4.78 is 27.6. The fraction of sp³-hybridized carbons (Fsp3) is 0.500. The van der Waals surface area contributed by atoms with Gasteiger partial charge in [-0.15, -0.1) is 0 Å². The van der Waals surface area contributed by atoms with Gasteiger partial charge in [0.2, 0.25) is 9.84 Å². The minimum atomic E-state index is -3.78. The minimum Gasteiger partial charge on any atom is -0.506 e. The molecule has 7 heteroatoms. The van der Waals surface area contributed by atoms with Gasteiger partial charge in [-0.2, -0.15) is 0 Å². The first-order valence-electron chi connectivity index (χ1n) is 5.85. The molecule has 1 atom stereocenters. The van der Waals surface area contributed by atoms with Crippen molar-refractivity contribution >= 4 is 15.5 Å². The molecule has 6 nitrogen and oxygen atoms in total. The van der Waals surface area contributed by atoms with E-state index < -0.39 is 15.3 Å². The topological polar surface area (TPSA) is 110 Å². The van der Waals surface area contributed by atoms with Gasteiger partial charge < -0.3 is 20.7 Å². The molecule has 1 unspecified atom stereocenters. The third-order valence-corrected chi connectivity index (χ3v) is 4.00. The number of aliphatic hydroxyl groups excluding tert-OH is 1. The molecule has 0 aliphatic carbocycles. The van der Waals surface area contributed by atoms with Gasteiger partial charge in [-0.25, -0.2) is 8.42 Å². The number of nitrogen functional groups attached to an aromatic ring is 1. The normalized spacial score (nSPS) is 12.4. The van der Waals surface area contributed by atoms with Crippen LogP contribution in [0.2, 0.25) is 0 Å². The molecule has 0 radical (unpaired) electrons. The molecule has 110 valence electrons. The number of anilines is 1.